The van der Waals surface area contributed by atoms with E-state index in [1.54, 1.807) is 17.4 Å². The monoisotopic (exact) mass is 340 g/mol. The lowest BCUT2D eigenvalue weighted by Crippen LogP contribution is -2.05. The molecule has 2 atom stereocenters. The van der Waals surface area contributed by atoms with Crippen LogP contribution in [0, 0.1) is 25.2 Å². The number of Topliss-reactive ketones (excluding diaryl/α,β-unsaturated/α-hetero) is 1. The SMILES string of the molecule is Cc1cc(CCC(=O)c2sc(C)c3c2CC2[C@H]3C2(C)C)ccc1O. The summed E-state index contributed by atoms with van der Waals surface area (Å²) in [5, 5.41) is 9.61. The van der Waals surface area contributed by atoms with Crippen LogP contribution in [0.25, 0.3) is 0 Å². The molecule has 126 valence electrons. The smallest absolute Gasteiger partial charge is 0.173 e. The Labute approximate surface area is 147 Å². The van der Waals surface area contributed by atoms with Gasteiger partial charge in [0, 0.05) is 11.3 Å². The largest absolute Gasteiger partial charge is 0.508 e. The Kier molecular flexibility index (Phi) is 3.44. The molecular weight excluding hydrogens is 316 g/mol. The first-order valence-electron chi connectivity index (χ1n) is 8.74. The first-order valence-corrected chi connectivity index (χ1v) is 9.56. The maximum atomic E-state index is 12.8. The standard InChI is InChI=1S/C21H24O2S/c1-11-9-13(5-7-16(11)22)6-8-17(23)20-14-10-15-19(21(15,3)4)18(14)12(2)24-20/h5,7,9,15,19,22H,6,8,10H2,1-4H3/t15?,19-/m1/s1. The van der Waals surface area contributed by atoms with Crippen molar-refractivity contribution in [1.29, 1.82) is 0 Å². The van der Waals surface area contributed by atoms with Crippen molar-refractivity contribution >= 4 is 17.1 Å². The number of ketones is 1. The average Bonchev–Trinajstić information content (AvgIpc) is 2.88. The molecule has 2 nitrogen and oxygen atoms in total. The van der Waals surface area contributed by atoms with Gasteiger partial charge in [0.15, 0.2) is 5.78 Å². The van der Waals surface area contributed by atoms with E-state index in [-0.39, 0.29) is 5.78 Å². The quantitative estimate of drug-likeness (QED) is 0.779. The number of carbonyl (C=O) groups excluding carboxylic acids is 1. The Bertz CT molecular complexity index is 844. The molecule has 2 aliphatic rings. The molecule has 0 bridgehead atoms. The molecule has 1 fully saturated rings. The van der Waals surface area contributed by atoms with Gasteiger partial charge in [-0.3, -0.25) is 4.79 Å². The van der Waals surface area contributed by atoms with Gasteiger partial charge in [-0.1, -0.05) is 26.0 Å². The Morgan fingerprint density at radius 3 is 2.79 bits per heavy atom. The Morgan fingerprint density at radius 1 is 1.33 bits per heavy atom. The van der Waals surface area contributed by atoms with Gasteiger partial charge in [-0.05, 0) is 72.3 Å². The summed E-state index contributed by atoms with van der Waals surface area (Å²) in [6.45, 7) is 8.79. The molecule has 1 unspecified atom stereocenters. The van der Waals surface area contributed by atoms with E-state index < -0.39 is 0 Å². The molecule has 1 heterocycles. The minimum atomic E-state index is 0.286. The highest BCUT2D eigenvalue weighted by molar-refractivity contribution is 7.14. The fraction of sp³-hybridized carbons (Fsp3) is 0.476. The number of carbonyl (C=O) groups is 1. The highest BCUT2D eigenvalue weighted by atomic mass is 32.1. The van der Waals surface area contributed by atoms with Crippen molar-refractivity contribution in [3.05, 3.63) is 50.2 Å². The van der Waals surface area contributed by atoms with Crippen LogP contribution in [0.4, 0.5) is 0 Å². The van der Waals surface area contributed by atoms with Gasteiger partial charge in [-0.25, -0.2) is 0 Å². The molecule has 0 aliphatic heterocycles. The lowest BCUT2D eigenvalue weighted by atomic mass is 9.94. The summed E-state index contributed by atoms with van der Waals surface area (Å²) >= 11 is 1.71. The summed E-state index contributed by atoms with van der Waals surface area (Å²) in [7, 11) is 0. The number of aryl methyl sites for hydroxylation is 3. The first-order chi connectivity index (χ1) is 11.3. The number of aromatic hydroxyl groups is 1. The van der Waals surface area contributed by atoms with Gasteiger partial charge >= 0.3 is 0 Å². The third-order valence-electron chi connectivity index (χ3n) is 6.17. The predicted octanol–water partition coefficient (Wildman–Crippen LogP) is 5.18. The number of hydrogen-bond donors (Lipinski definition) is 1. The van der Waals surface area contributed by atoms with Crippen LogP contribution < -0.4 is 0 Å². The second kappa shape index (κ2) is 5.19. The minimum Gasteiger partial charge on any atom is -0.508 e. The van der Waals surface area contributed by atoms with Gasteiger partial charge in [-0.15, -0.1) is 11.3 Å². The topological polar surface area (TPSA) is 37.3 Å². The van der Waals surface area contributed by atoms with E-state index in [0.717, 1.165) is 34.8 Å². The van der Waals surface area contributed by atoms with E-state index in [9.17, 15) is 9.90 Å². The van der Waals surface area contributed by atoms with Crippen molar-refractivity contribution in [3.63, 3.8) is 0 Å². The van der Waals surface area contributed by atoms with Gasteiger partial charge in [0.25, 0.3) is 0 Å². The number of rotatable bonds is 4. The van der Waals surface area contributed by atoms with Crippen LogP contribution in [0.5, 0.6) is 5.75 Å². The predicted molar refractivity (Wildman–Crippen MR) is 98.3 cm³/mol. The van der Waals surface area contributed by atoms with Crippen LogP contribution in [0.1, 0.15) is 63.0 Å². The van der Waals surface area contributed by atoms with Crippen LogP contribution >= 0.6 is 11.3 Å². The zero-order valence-corrected chi connectivity index (χ0v) is 15.6. The molecule has 1 aromatic heterocycles. The van der Waals surface area contributed by atoms with Gasteiger partial charge in [0.1, 0.15) is 5.75 Å². The number of fused-ring (bicyclic) bond motifs is 3. The molecule has 3 heteroatoms. The molecule has 1 saturated carbocycles. The zero-order valence-electron chi connectivity index (χ0n) is 14.8. The van der Waals surface area contributed by atoms with Crippen LogP contribution in [0.2, 0.25) is 0 Å². The molecule has 2 aliphatic carbocycles. The van der Waals surface area contributed by atoms with E-state index in [2.05, 4.69) is 20.8 Å². The molecule has 0 spiro atoms. The molecule has 1 N–H and O–H groups in total. The summed E-state index contributed by atoms with van der Waals surface area (Å²) in [4.78, 5) is 15.2. The second-order valence-electron chi connectivity index (χ2n) is 8.03. The zero-order chi connectivity index (χ0) is 17.2. The second-order valence-corrected chi connectivity index (χ2v) is 9.26. The summed E-state index contributed by atoms with van der Waals surface area (Å²) in [5.41, 5.74) is 5.28. The third kappa shape index (κ3) is 2.25. The van der Waals surface area contributed by atoms with Gasteiger partial charge in [0.2, 0.25) is 0 Å². The molecular formula is C21H24O2S. The van der Waals surface area contributed by atoms with Crippen molar-refractivity contribution in [2.45, 2.75) is 52.9 Å². The molecule has 24 heavy (non-hydrogen) atoms. The first kappa shape index (κ1) is 15.9. The molecule has 2 aromatic rings. The van der Waals surface area contributed by atoms with Crippen molar-refractivity contribution < 1.29 is 9.90 Å². The van der Waals surface area contributed by atoms with Gasteiger partial charge in [-0.2, -0.15) is 0 Å². The Balaban J connectivity index is 1.51. The highest BCUT2D eigenvalue weighted by Gasteiger charge is 2.63. The molecule has 1 aromatic carbocycles. The normalized spacial score (nSPS) is 23.0. The number of phenols is 1. The minimum absolute atomic E-state index is 0.286. The van der Waals surface area contributed by atoms with Crippen LogP contribution in [0.15, 0.2) is 18.2 Å². The summed E-state index contributed by atoms with van der Waals surface area (Å²) in [6, 6.07) is 5.61. The van der Waals surface area contributed by atoms with Crippen LogP contribution in [-0.2, 0) is 12.8 Å². The fourth-order valence-corrected chi connectivity index (χ4v) is 5.80. The maximum absolute atomic E-state index is 12.8. The van der Waals surface area contributed by atoms with E-state index in [1.165, 1.54) is 16.0 Å². The molecule has 0 saturated heterocycles. The lowest BCUT2D eigenvalue weighted by Gasteiger charge is -2.10. The summed E-state index contributed by atoms with van der Waals surface area (Å²) < 4.78 is 0. The van der Waals surface area contributed by atoms with Crippen molar-refractivity contribution in [2.75, 3.05) is 0 Å². The van der Waals surface area contributed by atoms with E-state index in [1.807, 2.05) is 19.1 Å². The lowest BCUT2D eigenvalue weighted by molar-refractivity contribution is 0.0986. The number of benzene rings is 1. The molecule has 0 amide bonds. The number of thiophene rings is 1. The third-order valence-corrected chi connectivity index (χ3v) is 7.38. The van der Waals surface area contributed by atoms with E-state index in [4.69, 9.17) is 0 Å². The van der Waals surface area contributed by atoms with Gasteiger partial charge in [0.05, 0.1) is 4.88 Å². The van der Waals surface area contributed by atoms with Crippen LogP contribution in [0.3, 0.4) is 0 Å². The van der Waals surface area contributed by atoms with E-state index >= 15 is 0 Å². The maximum Gasteiger partial charge on any atom is 0.173 e. The summed E-state index contributed by atoms with van der Waals surface area (Å²) in [5.74, 6) is 2.04. The van der Waals surface area contributed by atoms with E-state index in [0.29, 0.717) is 23.5 Å². The van der Waals surface area contributed by atoms with Crippen LogP contribution in [-0.4, -0.2) is 10.9 Å². The summed E-state index contributed by atoms with van der Waals surface area (Å²) in [6.07, 6.45) is 2.39. The number of phenolic OH excluding ortho intramolecular Hbond substituents is 1. The Hall–Kier alpha value is -1.61. The van der Waals surface area contributed by atoms with Crippen molar-refractivity contribution in [2.24, 2.45) is 11.3 Å². The Morgan fingerprint density at radius 2 is 2.08 bits per heavy atom. The van der Waals surface area contributed by atoms with Gasteiger partial charge < -0.3 is 5.11 Å². The number of hydrogen-bond acceptors (Lipinski definition) is 3. The molecule has 4 rings (SSSR count). The highest BCUT2D eigenvalue weighted by Crippen LogP contribution is 2.71. The van der Waals surface area contributed by atoms with Crippen molar-refractivity contribution in [3.8, 4) is 5.75 Å². The average molecular weight is 340 g/mol. The fourth-order valence-electron chi connectivity index (χ4n) is 4.60. The molecule has 0 radical (unpaired) electrons. The van der Waals surface area contributed by atoms with Crippen molar-refractivity contribution in [1.82, 2.24) is 0 Å².